The summed E-state index contributed by atoms with van der Waals surface area (Å²) >= 11 is 0. The first-order chi connectivity index (χ1) is 19.6. The second-order valence-corrected chi connectivity index (χ2v) is 8.41. The number of nitrogens with one attached hydrogen (secondary N) is 1. The van der Waals surface area contributed by atoms with Crippen LogP contribution in [0.3, 0.4) is 0 Å². The van der Waals surface area contributed by atoms with Crippen molar-refractivity contribution in [1.82, 2.24) is 25.1 Å². The minimum absolute atomic E-state index is 0.127. The molecule has 0 saturated heterocycles. The van der Waals surface area contributed by atoms with Gasteiger partial charge in [-0.05, 0) is 60.7 Å². The van der Waals surface area contributed by atoms with Crippen LogP contribution >= 0.6 is 0 Å². The lowest BCUT2D eigenvalue weighted by Crippen LogP contribution is -2.32. The predicted octanol–water partition coefficient (Wildman–Crippen LogP) is 4.17. The predicted molar refractivity (Wildman–Crippen MR) is 146 cm³/mol. The van der Waals surface area contributed by atoms with Crippen molar-refractivity contribution in [2.45, 2.75) is 0 Å². The number of carbonyl (C=O) groups excluding carboxylic acids is 1. The summed E-state index contributed by atoms with van der Waals surface area (Å²) in [5, 5.41) is 15.7. The minimum Gasteiger partial charge on any atom is -0.493 e. The number of nitrogens with zero attached hydrogens (tertiary/aromatic N) is 4. The quantitative estimate of drug-likeness (QED) is 0.232. The second kappa shape index (κ2) is 12.5. The molecule has 40 heavy (non-hydrogen) atoms. The van der Waals surface area contributed by atoms with Gasteiger partial charge in [0.05, 0.1) is 20.8 Å². The SMILES string of the molecule is COc1ccc(-c2nnc3ccc(OCCNC(=O)COc4ccc(Oc5ccccc5)cc4)nn23)cc1OC. The van der Waals surface area contributed by atoms with E-state index >= 15 is 0 Å². The number of fused-ring (bicyclic) bond motifs is 1. The molecule has 0 fully saturated rings. The number of hydrogen-bond donors (Lipinski definition) is 1. The third kappa shape index (κ3) is 6.38. The molecule has 11 nitrogen and oxygen atoms in total. The summed E-state index contributed by atoms with van der Waals surface area (Å²) in [7, 11) is 3.14. The van der Waals surface area contributed by atoms with Gasteiger partial charge in [0.1, 0.15) is 23.9 Å². The number of methoxy groups -OCH3 is 2. The number of hydrogen-bond acceptors (Lipinski definition) is 9. The van der Waals surface area contributed by atoms with Gasteiger partial charge in [0.2, 0.25) is 5.88 Å². The molecule has 1 N–H and O–H groups in total. The summed E-state index contributed by atoms with van der Waals surface area (Å²) in [6, 6.07) is 25.4. The molecule has 2 heterocycles. The third-order valence-electron chi connectivity index (χ3n) is 5.73. The maximum Gasteiger partial charge on any atom is 0.258 e. The van der Waals surface area contributed by atoms with Crippen LogP contribution < -0.4 is 29.0 Å². The highest BCUT2D eigenvalue weighted by Crippen LogP contribution is 2.31. The van der Waals surface area contributed by atoms with Gasteiger partial charge in [0, 0.05) is 11.6 Å². The summed E-state index contributed by atoms with van der Waals surface area (Å²) in [6.07, 6.45) is 0. The van der Waals surface area contributed by atoms with Crippen LogP contribution in [0, 0.1) is 0 Å². The third-order valence-corrected chi connectivity index (χ3v) is 5.73. The number of rotatable bonds is 12. The zero-order valence-electron chi connectivity index (χ0n) is 21.9. The summed E-state index contributed by atoms with van der Waals surface area (Å²) in [6.45, 7) is 0.360. The second-order valence-electron chi connectivity index (χ2n) is 8.41. The number of para-hydroxylation sites is 1. The molecule has 0 aliphatic carbocycles. The maximum absolute atomic E-state index is 12.2. The zero-order valence-corrected chi connectivity index (χ0v) is 21.9. The van der Waals surface area contributed by atoms with Gasteiger partial charge in [-0.3, -0.25) is 4.79 Å². The van der Waals surface area contributed by atoms with Gasteiger partial charge in [-0.25, -0.2) is 0 Å². The van der Waals surface area contributed by atoms with Crippen LogP contribution in [0.25, 0.3) is 17.0 Å². The maximum atomic E-state index is 12.2. The first kappa shape index (κ1) is 26.3. The smallest absolute Gasteiger partial charge is 0.258 e. The van der Waals surface area contributed by atoms with E-state index in [2.05, 4.69) is 20.6 Å². The Hall–Kier alpha value is -5.32. The highest BCUT2D eigenvalue weighted by atomic mass is 16.5. The monoisotopic (exact) mass is 541 g/mol. The molecular formula is C29H27N5O6. The molecule has 204 valence electrons. The molecule has 5 rings (SSSR count). The highest BCUT2D eigenvalue weighted by Gasteiger charge is 2.14. The molecule has 0 unspecified atom stereocenters. The first-order valence-electron chi connectivity index (χ1n) is 12.4. The van der Waals surface area contributed by atoms with E-state index in [1.165, 1.54) is 0 Å². The zero-order chi connectivity index (χ0) is 27.7. The van der Waals surface area contributed by atoms with Crippen molar-refractivity contribution in [3.05, 3.63) is 84.9 Å². The van der Waals surface area contributed by atoms with Crippen molar-refractivity contribution >= 4 is 11.6 Å². The van der Waals surface area contributed by atoms with Gasteiger partial charge in [-0.2, -0.15) is 4.52 Å². The van der Waals surface area contributed by atoms with Crippen LogP contribution in [-0.2, 0) is 4.79 Å². The average molecular weight is 542 g/mol. The number of aromatic nitrogens is 4. The van der Waals surface area contributed by atoms with Gasteiger partial charge in [0.15, 0.2) is 29.6 Å². The summed E-state index contributed by atoms with van der Waals surface area (Å²) in [5.74, 6) is 3.76. The number of benzene rings is 3. The van der Waals surface area contributed by atoms with Crippen molar-refractivity contribution in [2.24, 2.45) is 0 Å². The van der Waals surface area contributed by atoms with Crippen molar-refractivity contribution in [3.63, 3.8) is 0 Å². The van der Waals surface area contributed by atoms with E-state index in [-0.39, 0.29) is 25.7 Å². The molecule has 0 aliphatic rings. The molecule has 0 saturated carbocycles. The van der Waals surface area contributed by atoms with E-state index in [0.29, 0.717) is 40.3 Å². The van der Waals surface area contributed by atoms with E-state index in [1.807, 2.05) is 36.4 Å². The average Bonchev–Trinajstić information content (AvgIpc) is 3.42. The Balaban J connectivity index is 1.09. The normalized spacial score (nSPS) is 10.7. The van der Waals surface area contributed by atoms with Crippen molar-refractivity contribution in [1.29, 1.82) is 0 Å². The molecule has 3 aromatic carbocycles. The molecule has 0 aliphatic heterocycles. The van der Waals surface area contributed by atoms with Crippen LogP contribution in [0.1, 0.15) is 0 Å². The Labute approximate surface area is 230 Å². The Kier molecular flexibility index (Phi) is 8.21. The van der Waals surface area contributed by atoms with E-state index in [1.54, 1.807) is 67.3 Å². The Morgan fingerprint density at radius 2 is 1.55 bits per heavy atom. The Morgan fingerprint density at radius 1 is 0.800 bits per heavy atom. The molecule has 1 amide bonds. The Bertz CT molecular complexity index is 1570. The van der Waals surface area contributed by atoms with Crippen LogP contribution in [0.5, 0.6) is 34.6 Å². The highest BCUT2D eigenvalue weighted by molar-refractivity contribution is 5.77. The Morgan fingerprint density at radius 3 is 2.33 bits per heavy atom. The fourth-order valence-electron chi connectivity index (χ4n) is 3.78. The van der Waals surface area contributed by atoms with Crippen LogP contribution in [-0.4, -0.2) is 59.7 Å². The molecule has 5 aromatic rings. The van der Waals surface area contributed by atoms with E-state index in [0.717, 1.165) is 11.3 Å². The molecule has 2 aromatic heterocycles. The fraction of sp³-hybridized carbons (Fsp3) is 0.172. The van der Waals surface area contributed by atoms with Gasteiger partial charge >= 0.3 is 0 Å². The standard InChI is InChI=1S/C29H27N5O6/c1-36-24-13-8-20(18-25(24)37-2)29-32-31-26-14-15-28(33-34(26)29)38-17-16-30-27(35)19-39-21-9-11-23(12-10-21)40-22-6-4-3-5-7-22/h3-15,18H,16-17,19H2,1-2H3,(H,30,35). The van der Waals surface area contributed by atoms with Crippen LogP contribution in [0.2, 0.25) is 0 Å². The fourth-order valence-corrected chi connectivity index (χ4v) is 3.78. The molecular weight excluding hydrogens is 514 g/mol. The summed E-state index contributed by atoms with van der Waals surface area (Å²) in [5.41, 5.74) is 1.31. The lowest BCUT2D eigenvalue weighted by molar-refractivity contribution is -0.123. The van der Waals surface area contributed by atoms with Gasteiger partial charge in [0.25, 0.3) is 5.91 Å². The minimum atomic E-state index is -0.272. The van der Waals surface area contributed by atoms with Gasteiger partial charge < -0.3 is 29.0 Å². The van der Waals surface area contributed by atoms with E-state index in [4.69, 9.17) is 23.7 Å². The summed E-state index contributed by atoms with van der Waals surface area (Å²) < 4.78 is 29.3. The van der Waals surface area contributed by atoms with Gasteiger partial charge in [-0.1, -0.05) is 18.2 Å². The molecule has 0 bridgehead atoms. The largest absolute Gasteiger partial charge is 0.493 e. The number of amides is 1. The topological polar surface area (TPSA) is 118 Å². The van der Waals surface area contributed by atoms with Crippen molar-refractivity contribution in [2.75, 3.05) is 34.0 Å². The van der Waals surface area contributed by atoms with E-state index in [9.17, 15) is 4.79 Å². The summed E-state index contributed by atoms with van der Waals surface area (Å²) in [4.78, 5) is 12.2. The van der Waals surface area contributed by atoms with E-state index < -0.39 is 0 Å². The van der Waals surface area contributed by atoms with Crippen molar-refractivity contribution in [3.8, 4) is 46.0 Å². The lowest BCUT2D eigenvalue weighted by Gasteiger charge is -2.10. The number of carbonyl (C=O) groups is 1. The van der Waals surface area contributed by atoms with Crippen molar-refractivity contribution < 1.29 is 28.5 Å². The first-order valence-corrected chi connectivity index (χ1v) is 12.4. The molecule has 0 radical (unpaired) electrons. The molecule has 0 spiro atoms. The number of ether oxygens (including phenoxy) is 5. The van der Waals surface area contributed by atoms with Crippen LogP contribution in [0.15, 0.2) is 84.9 Å². The van der Waals surface area contributed by atoms with Crippen LogP contribution in [0.4, 0.5) is 0 Å². The molecule has 11 heteroatoms. The molecule has 0 atom stereocenters. The van der Waals surface area contributed by atoms with Gasteiger partial charge in [-0.15, -0.1) is 15.3 Å². The lowest BCUT2D eigenvalue weighted by atomic mass is 10.2.